The lowest BCUT2D eigenvalue weighted by molar-refractivity contribution is 0.102. The Kier molecular flexibility index (Phi) is 4.50. The van der Waals surface area contributed by atoms with Crippen molar-refractivity contribution in [2.75, 3.05) is 18.4 Å². The molecular formula is C16H17N3O4S. The van der Waals surface area contributed by atoms with Gasteiger partial charge in [-0.25, -0.2) is 8.42 Å². The first-order valence-corrected chi connectivity index (χ1v) is 9.02. The molecule has 1 aliphatic rings. The minimum absolute atomic E-state index is 0.135. The number of benzene rings is 1. The van der Waals surface area contributed by atoms with Gasteiger partial charge >= 0.3 is 0 Å². The molecule has 8 heteroatoms. The van der Waals surface area contributed by atoms with E-state index in [1.165, 1.54) is 40.8 Å². The summed E-state index contributed by atoms with van der Waals surface area (Å²) in [5.74, 6) is -0.475. The maximum absolute atomic E-state index is 12.4. The molecular weight excluding hydrogens is 330 g/mol. The second-order valence-corrected chi connectivity index (χ2v) is 7.44. The van der Waals surface area contributed by atoms with Gasteiger partial charge in [0.1, 0.15) is 5.69 Å². The topological polar surface area (TPSA) is 99.3 Å². The van der Waals surface area contributed by atoms with E-state index < -0.39 is 21.5 Å². The lowest BCUT2D eigenvalue weighted by atomic mass is 10.2. The highest BCUT2D eigenvalue weighted by Crippen LogP contribution is 2.21. The van der Waals surface area contributed by atoms with E-state index in [9.17, 15) is 18.0 Å². The molecule has 1 aliphatic heterocycles. The van der Waals surface area contributed by atoms with Crippen molar-refractivity contribution in [3.05, 3.63) is 58.5 Å². The summed E-state index contributed by atoms with van der Waals surface area (Å²) in [6.45, 7) is 1.06. The molecule has 1 aromatic carbocycles. The molecule has 3 rings (SSSR count). The Hall–Kier alpha value is -2.45. The highest BCUT2D eigenvalue weighted by molar-refractivity contribution is 7.89. The molecule has 1 amide bonds. The van der Waals surface area contributed by atoms with E-state index in [4.69, 9.17) is 0 Å². The van der Waals surface area contributed by atoms with Crippen molar-refractivity contribution in [1.29, 1.82) is 0 Å². The first-order chi connectivity index (χ1) is 11.5. The zero-order chi connectivity index (χ0) is 17.2. The molecule has 2 heterocycles. The highest BCUT2D eigenvalue weighted by atomic mass is 32.2. The van der Waals surface area contributed by atoms with Gasteiger partial charge in [-0.2, -0.15) is 4.31 Å². The van der Waals surface area contributed by atoms with Gasteiger partial charge in [-0.05, 0) is 49.2 Å². The molecule has 0 atom stereocenters. The van der Waals surface area contributed by atoms with Gasteiger partial charge in [0.15, 0.2) is 0 Å². The maximum Gasteiger partial charge on any atom is 0.271 e. The number of aromatic amines is 1. The number of nitrogens with one attached hydrogen (secondary N) is 2. The van der Waals surface area contributed by atoms with Gasteiger partial charge in [0, 0.05) is 24.8 Å². The van der Waals surface area contributed by atoms with E-state index in [0.29, 0.717) is 13.1 Å². The fraction of sp³-hybridized carbons (Fsp3) is 0.250. The summed E-state index contributed by atoms with van der Waals surface area (Å²) < 4.78 is 26.3. The quantitative estimate of drug-likeness (QED) is 0.873. The van der Waals surface area contributed by atoms with Crippen LogP contribution >= 0.6 is 0 Å². The third kappa shape index (κ3) is 3.24. The van der Waals surface area contributed by atoms with Crippen molar-refractivity contribution in [1.82, 2.24) is 9.29 Å². The summed E-state index contributed by atoms with van der Waals surface area (Å²) in [4.78, 5) is 26.4. The third-order valence-corrected chi connectivity index (χ3v) is 5.80. The number of carbonyl (C=O) groups is 1. The molecule has 0 unspecified atom stereocenters. The number of nitrogens with zero attached hydrogens (tertiary/aromatic N) is 1. The number of anilines is 1. The largest absolute Gasteiger partial charge is 0.327 e. The van der Waals surface area contributed by atoms with Gasteiger partial charge in [0.05, 0.1) is 4.90 Å². The molecule has 0 aliphatic carbocycles. The normalized spacial score (nSPS) is 15.3. The van der Waals surface area contributed by atoms with Crippen LogP contribution in [0, 0.1) is 0 Å². The van der Waals surface area contributed by atoms with Gasteiger partial charge in [-0.1, -0.05) is 0 Å². The highest BCUT2D eigenvalue weighted by Gasteiger charge is 2.27. The number of amides is 1. The predicted molar refractivity (Wildman–Crippen MR) is 89.5 cm³/mol. The Labute approximate surface area is 139 Å². The molecule has 2 aromatic rings. The van der Waals surface area contributed by atoms with E-state index in [-0.39, 0.29) is 16.1 Å². The first-order valence-electron chi connectivity index (χ1n) is 7.58. The van der Waals surface area contributed by atoms with Crippen LogP contribution in [0.25, 0.3) is 0 Å². The van der Waals surface area contributed by atoms with Gasteiger partial charge in [0.2, 0.25) is 10.0 Å². The van der Waals surface area contributed by atoms with E-state index >= 15 is 0 Å². The van der Waals surface area contributed by atoms with Crippen LogP contribution in [0.2, 0.25) is 0 Å². The Morgan fingerprint density at radius 2 is 1.75 bits per heavy atom. The van der Waals surface area contributed by atoms with Crippen molar-refractivity contribution >= 4 is 21.6 Å². The van der Waals surface area contributed by atoms with Crippen LogP contribution in [0.1, 0.15) is 23.2 Å². The van der Waals surface area contributed by atoms with E-state index in [2.05, 4.69) is 10.3 Å². The molecule has 1 saturated heterocycles. The number of sulfonamides is 1. The van der Waals surface area contributed by atoms with Crippen molar-refractivity contribution < 1.29 is 13.2 Å². The Morgan fingerprint density at radius 1 is 1.08 bits per heavy atom. The van der Waals surface area contributed by atoms with Crippen LogP contribution in [0.5, 0.6) is 0 Å². The van der Waals surface area contributed by atoms with Gasteiger partial charge in [-0.3, -0.25) is 9.59 Å². The van der Waals surface area contributed by atoms with Crippen LogP contribution in [-0.2, 0) is 10.0 Å². The lowest BCUT2D eigenvalue weighted by Gasteiger charge is -2.15. The summed E-state index contributed by atoms with van der Waals surface area (Å²) >= 11 is 0. The van der Waals surface area contributed by atoms with Crippen molar-refractivity contribution in [2.24, 2.45) is 0 Å². The molecule has 1 aromatic heterocycles. The van der Waals surface area contributed by atoms with Gasteiger partial charge in [0.25, 0.3) is 11.5 Å². The summed E-state index contributed by atoms with van der Waals surface area (Å²) in [5.41, 5.74) is 0.00831. The number of carbonyl (C=O) groups excluding carboxylic acids is 1. The summed E-state index contributed by atoms with van der Waals surface area (Å²) in [6.07, 6.45) is 3.20. The zero-order valence-electron chi connectivity index (χ0n) is 12.9. The smallest absolute Gasteiger partial charge is 0.271 e. The molecule has 126 valence electrons. The molecule has 0 bridgehead atoms. The summed E-state index contributed by atoms with van der Waals surface area (Å²) in [6, 6.07) is 8.80. The predicted octanol–water partition coefficient (Wildman–Crippen LogP) is 1.41. The Morgan fingerprint density at radius 3 is 2.38 bits per heavy atom. The average Bonchev–Trinajstić information content (AvgIpc) is 3.12. The van der Waals surface area contributed by atoms with Crippen molar-refractivity contribution in [3.8, 4) is 0 Å². The van der Waals surface area contributed by atoms with Gasteiger partial charge < -0.3 is 10.3 Å². The number of pyridine rings is 1. The number of aromatic nitrogens is 1. The Bertz CT molecular complexity index is 897. The summed E-state index contributed by atoms with van der Waals surface area (Å²) in [7, 11) is -3.50. The number of H-pyrrole nitrogens is 1. The van der Waals surface area contributed by atoms with Crippen LogP contribution in [-0.4, -0.2) is 36.7 Å². The van der Waals surface area contributed by atoms with Crippen molar-refractivity contribution in [2.45, 2.75) is 17.7 Å². The first kappa shape index (κ1) is 16.4. The SMILES string of the molecule is O=C(Nc1ccc[nH]c1=O)c1ccc(S(=O)(=O)N2CCCC2)cc1. The van der Waals surface area contributed by atoms with Crippen LogP contribution < -0.4 is 10.9 Å². The van der Waals surface area contributed by atoms with Crippen molar-refractivity contribution in [3.63, 3.8) is 0 Å². The average molecular weight is 347 g/mol. The molecule has 0 spiro atoms. The molecule has 1 fully saturated rings. The molecule has 0 saturated carbocycles. The molecule has 2 N–H and O–H groups in total. The fourth-order valence-corrected chi connectivity index (χ4v) is 4.09. The Balaban J connectivity index is 1.78. The second kappa shape index (κ2) is 6.58. The maximum atomic E-state index is 12.4. The van der Waals surface area contributed by atoms with E-state index in [0.717, 1.165) is 12.8 Å². The standard InChI is InChI=1S/C16H17N3O4S/c20-15(18-14-4-3-9-17-16(14)21)12-5-7-13(8-6-12)24(22,23)19-10-1-2-11-19/h3-9H,1-2,10-11H2,(H,17,21)(H,18,20). The van der Waals surface area contributed by atoms with Crippen LogP contribution in [0.15, 0.2) is 52.3 Å². The van der Waals surface area contributed by atoms with Crippen LogP contribution in [0.4, 0.5) is 5.69 Å². The molecule has 24 heavy (non-hydrogen) atoms. The minimum atomic E-state index is -3.50. The summed E-state index contributed by atoms with van der Waals surface area (Å²) in [5, 5.41) is 2.50. The fourth-order valence-electron chi connectivity index (χ4n) is 2.57. The number of hydrogen-bond acceptors (Lipinski definition) is 4. The van der Waals surface area contributed by atoms with Gasteiger partial charge in [-0.15, -0.1) is 0 Å². The van der Waals surface area contributed by atoms with Crippen LogP contribution in [0.3, 0.4) is 0 Å². The monoisotopic (exact) mass is 347 g/mol. The molecule has 0 radical (unpaired) electrons. The lowest BCUT2D eigenvalue weighted by Crippen LogP contribution is -2.27. The minimum Gasteiger partial charge on any atom is -0.327 e. The van der Waals surface area contributed by atoms with E-state index in [1.807, 2.05) is 0 Å². The number of hydrogen-bond donors (Lipinski definition) is 2. The molecule has 7 nitrogen and oxygen atoms in total. The zero-order valence-corrected chi connectivity index (χ0v) is 13.7. The third-order valence-electron chi connectivity index (χ3n) is 3.89. The second-order valence-electron chi connectivity index (χ2n) is 5.50. The van der Waals surface area contributed by atoms with E-state index in [1.54, 1.807) is 6.07 Å². The number of rotatable bonds is 4.